The van der Waals surface area contributed by atoms with E-state index in [4.69, 9.17) is 11.1 Å². The number of allylic oxidation sites excluding steroid dienone is 1. The zero-order valence-corrected chi connectivity index (χ0v) is 6.96. The summed E-state index contributed by atoms with van der Waals surface area (Å²) < 4.78 is 4.07. The van der Waals surface area contributed by atoms with Crippen LogP contribution in [-0.2, 0) is 13.6 Å². The van der Waals surface area contributed by atoms with E-state index in [-0.39, 0.29) is 0 Å². The van der Waals surface area contributed by atoms with E-state index in [0.29, 0.717) is 0 Å². The van der Waals surface area contributed by atoms with Gasteiger partial charge in [-0.1, -0.05) is 12.7 Å². The zero-order valence-electron chi connectivity index (χ0n) is 6.96. The van der Waals surface area contributed by atoms with Crippen LogP contribution in [0.3, 0.4) is 0 Å². The standard InChI is InChI=1S/C7H11N2.N3/c1-3-4-9-6-5-8(2)7-9;1-3-2/h3,5-7H,1,4H2,2H3;/q+1;-1. The molecule has 1 rings (SSSR count). The molecule has 5 heteroatoms. The molecule has 0 aromatic carbocycles. The highest BCUT2D eigenvalue weighted by Gasteiger charge is 1.93. The first-order valence-electron chi connectivity index (χ1n) is 3.35. The number of hydrogen-bond acceptors (Lipinski definition) is 0. The molecule has 0 saturated carbocycles. The van der Waals surface area contributed by atoms with Crippen molar-refractivity contribution in [2.24, 2.45) is 7.05 Å². The molecule has 0 aliphatic rings. The third-order valence-electron chi connectivity index (χ3n) is 1.16. The van der Waals surface area contributed by atoms with Gasteiger partial charge in [0.05, 0.1) is 7.05 Å². The highest BCUT2D eigenvalue weighted by Crippen LogP contribution is 1.81. The Labute approximate surface area is 71.0 Å². The van der Waals surface area contributed by atoms with Crippen molar-refractivity contribution in [3.8, 4) is 0 Å². The molecule has 0 aliphatic heterocycles. The molecule has 0 spiro atoms. The molecule has 0 saturated heterocycles. The van der Waals surface area contributed by atoms with Crippen LogP contribution >= 0.6 is 0 Å². The van der Waals surface area contributed by atoms with E-state index in [1.165, 1.54) is 4.91 Å². The van der Waals surface area contributed by atoms with Gasteiger partial charge in [-0.15, -0.1) is 0 Å². The van der Waals surface area contributed by atoms with E-state index in [1.54, 1.807) is 0 Å². The second kappa shape index (κ2) is 6.00. The molecule has 0 bridgehead atoms. The minimum absolute atomic E-state index is 0.890. The topological polar surface area (TPSA) is 67.5 Å². The summed E-state index contributed by atoms with van der Waals surface area (Å²) in [6.45, 7) is 4.52. The molecule has 1 heterocycles. The first kappa shape index (κ1) is 10.3. The number of aromatic nitrogens is 2. The predicted molar refractivity (Wildman–Crippen MR) is 45.9 cm³/mol. The summed E-state index contributed by atoms with van der Waals surface area (Å²) in [5.41, 5.74) is 13.5. The van der Waals surface area contributed by atoms with Gasteiger partial charge in [0, 0.05) is 0 Å². The first-order valence-corrected chi connectivity index (χ1v) is 3.35. The highest BCUT2D eigenvalue weighted by atomic mass is 15.1. The quantitative estimate of drug-likeness (QED) is 0.209. The lowest BCUT2D eigenvalue weighted by molar-refractivity contribution is -0.671. The number of aryl methyl sites for hydroxylation is 1. The molecule has 5 nitrogen and oxygen atoms in total. The minimum atomic E-state index is 0.890. The summed E-state index contributed by atoms with van der Waals surface area (Å²) in [6.07, 6.45) is 7.91. The lowest BCUT2D eigenvalue weighted by Crippen LogP contribution is -2.23. The van der Waals surface area contributed by atoms with E-state index in [1.807, 2.05) is 36.4 Å². The maximum absolute atomic E-state index is 6.75. The Morgan fingerprint density at radius 1 is 1.67 bits per heavy atom. The van der Waals surface area contributed by atoms with E-state index < -0.39 is 0 Å². The average Bonchev–Trinajstić information content (AvgIpc) is 2.38. The number of nitrogens with zero attached hydrogens (tertiary/aromatic N) is 5. The molecular formula is C7H11N5. The third kappa shape index (κ3) is 4.14. The van der Waals surface area contributed by atoms with Crippen molar-refractivity contribution in [3.63, 3.8) is 0 Å². The average molecular weight is 165 g/mol. The molecule has 0 N–H and O–H groups in total. The maximum Gasteiger partial charge on any atom is 0.243 e. The van der Waals surface area contributed by atoms with Crippen LogP contribution < -0.4 is 4.57 Å². The third-order valence-corrected chi connectivity index (χ3v) is 1.16. The SMILES string of the molecule is C=CCn1cc[n+](C)c1.[N-]=[N+]=[N-]. The van der Waals surface area contributed by atoms with Gasteiger partial charge in [-0.2, -0.15) is 0 Å². The van der Waals surface area contributed by atoms with Crippen LogP contribution in [0, 0.1) is 0 Å². The normalized spacial score (nSPS) is 7.75. The van der Waals surface area contributed by atoms with E-state index in [9.17, 15) is 0 Å². The molecule has 12 heavy (non-hydrogen) atoms. The summed E-state index contributed by atoms with van der Waals surface area (Å²) in [5.74, 6) is 0. The van der Waals surface area contributed by atoms with Crippen molar-refractivity contribution in [2.45, 2.75) is 6.54 Å². The largest absolute Gasteiger partial charge is 0.373 e. The van der Waals surface area contributed by atoms with Gasteiger partial charge in [0.2, 0.25) is 6.33 Å². The Bertz CT molecular complexity index is 269. The molecule has 0 atom stereocenters. The Morgan fingerprint density at radius 3 is 2.58 bits per heavy atom. The van der Waals surface area contributed by atoms with Crippen LogP contribution in [-0.4, -0.2) is 4.57 Å². The van der Waals surface area contributed by atoms with Gasteiger partial charge < -0.3 is 11.1 Å². The molecule has 0 aliphatic carbocycles. The van der Waals surface area contributed by atoms with Gasteiger partial charge in [-0.3, -0.25) is 4.91 Å². The highest BCUT2D eigenvalue weighted by molar-refractivity contribution is 4.73. The van der Waals surface area contributed by atoms with Crippen molar-refractivity contribution >= 4 is 0 Å². The zero-order chi connectivity index (χ0) is 9.40. The smallest absolute Gasteiger partial charge is 0.243 e. The molecule has 0 fully saturated rings. The van der Waals surface area contributed by atoms with Crippen molar-refractivity contribution < 1.29 is 4.57 Å². The molecule has 1 aromatic heterocycles. The maximum atomic E-state index is 6.75. The summed E-state index contributed by atoms with van der Waals surface area (Å²) >= 11 is 0. The summed E-state index contributed by atoms with van der Waals surface area (Å²) in [4.78, 5) is 1.50. The molecular weight excluding hydrogens is 154 g/mol. The molecule has 64 valence electrons. The summed E-state index contributed by atoms with van der Waals surface area (Å²) in [6, 6.07) is 0. The van der Waals surface area contributed by atoms with Crippen molar-refractivity contribution in [3.05, 3.63) is 47.3 Å². The Balaban J connectivity index is 0.000000354. The minimum Gasteiger partial charge on any atom is -0.373 e. The first-order chi connectivity index (χ1) is 5.74. The number of rotatable bonds is 2. The van der Waals surface area contributed by atoms with Crippen LogP contribution in [0.2, 0.25) is 0 Å². The Morgan fingerprint density at radius 2 is 2.25 bits per heavy atom. The fourth-order valence-corrected chi connectivity index (χ4v) is 0.759. The Hall–Kier alpha value is -1.74. The van der Waals surface area contributed by atoms with E-state index >= 15 is 0 Å². The van der Waals surface area contributed by atoms with Gasteiger partial charge in [-0.25, -0.2) is 9.13 Å². The van der Waals surface area contributed by atoms with Crippen LogP contribution in [0.5, 0.6) is 0 Å². The molecule has 1 aromatic rings. The monoisotopic (exact) mass is 165 g/mol. The molecule has 0 radical (unpaired) electrons. The molecule has 0 unspecified atom stereocenters. The summed E-state index contributed by atoms with van der Waals surface area (Å²) in [5, 5.41) is 0. The fourth-order valence-electron chi connectivity index (χ4n) is 0.759. The summed E-state index contributed by atoms with van der Waals surface area (Å²) in [7, 11) is 2.00. The molecule has 0 amide bonds. The number of hydrogen-bond donors (Lipinski definition) is 0. The van der Waals surface area contributed by atoms with Gasteiger partial charge in [-0.05, 0) is 0 Å². The van der Waals surface area contributed by atoms with Crippen molar-refractivity contribution in [1.82, 2.24) is 4.57 Å². The number of imidazole rings is 1. The van der Waals surface area contributed by atoms with Crippen LogP contribution in [0.25, 0.3) is 16.0 Å². The lowest BCUT2D eigenvalue weighted by atomic mass is 10.6. The van der Waals surface area contributed by atoms with E-state index in [2.05, 4.69) is 11.1 Å². The Kier molecular flexibility index (Phi) is 5.13. The second-order valence-electron chi connectivity index (χ2n) is 2.15. The van der Waals surface area contributed by atoms with Gasteiger partial charge >= 0.3 is 0 Å². The van der Waals surface area contributed by atoms with Crippen LogP contribution in [0.15, 0.2) is 31.4 Å². The van der Waals surface area contributed by atoms with Crippen LogP contribution in [0.4, 0.5) is 0 Å². The van der Waals surface area contributed by atoms with Crippen molar-refractivity contribution in [1.29, 1.82) is 0 Å². The predicted octanol–water partition coefficient (Wildman–Crippen LogP) is 1.36. The van der Waals surface area contributed by atoms with Crippen LogP contribution in [0.1, 0.15) is 0 Å². The fraction of sp³-hybridized carbons (Fsp3) is 0.286. The second-order valence-corrected chi connectivity index (χ2v) is 2.15. The van der Waals surface area contributed by atoms with Gasteiger partial charge in [0.25, 0.3) is 0 Å². The van der Waals surface area contributed by atoms with Crippen molar-refractivity contribution in [2.75, 3.05) is 0 Å². The van der Waals surface area contributed by atoms with Gasteiger partial charge in [0.1, 0.15) is 18.9 Å². The lowest BCUT2D eigenvalue weighted by Gasteiger charge is -1.83. The van der Waals surface area contributed by atoms with Gasteiger partial charge in [0.15, 0.2) is 0 Å². The van der Waals surface area contributed by atoms with E-state index in [0.717, 1.165) is 6.54 Å².